The Kier molecular flexibility index (Phi) is 3.84. The molecule has 1 saturated heterocycles. The first kappa shape index (κ1) is 14.7. The Balaban J connectivity index is 1.68. The molecule has 3 rings (SSSR count). The van der Waals surface area contributed by atoms with E-state index in [4.69, 9.17) is 16.1 Å². The van der Waals surface area contributed by atoms with Crippen LogP contribution in [0.15, 0.2) is 22.7 Å². The van der Waals surface area contributed by atoms with Crippen molar-refractivity contribution in [3.8, 4) is 0 Å². The summed E-state index contributed by atoms with van der Waals surface area (Å²) >= 11 is 5.95. The van der Waals surface area contributed by atoms with Crippen LogP contribution in [0.5, 0.6) is 0 Å². The van der Waals surface area contributed by atoms with Crippen molar-refractivity contribution in [1.82, 2.24) is 10.1 Å². The van der Waals surface area contributed by atoms with Gasteiger partial charge in [-0.2, -0.15) is 13.2 Å². The van der Waals surface area contributed by atoms with Crippen molar-refractivity contribution < 1.29 is 17.7 Å². The number of fused-ring (bicyclic) bond motifs is 1. The average molecular weight is 319 g/mol. The van der Waals surface area contributed by atoms with Crippen LogP contribution < -0.4 is 0 Å². The van der Waals surface area contributed by atoms with E-state index in [1.165, 1.54) is 0 Å². The minimum Gasteiger partial charge on any atom is -0.356 e. The first-order chi connectivity index (χ1) is 9.90. The Labute approximate surface area is 124 Å². The molecule has 1 unspecified atom stereocenters. The summed E-state index contributed by atoms with van der Waals surface area (Å²) < 4.78 is 42.4. The lowest BCUT2D eigenvalue weighted by Crippen LogP contribution is -2.22. The Morgan fingerprint density at radius 3 is 2.95 bits per heavy atom. The van der Waals surface area contributed by atoms with Crippen molar-refractivity contribution >= 4 is 22.6 Å². The third-order valence-electron chi connectivity index (χ3n) is 3.77. The predicted octanol–water partition coefficient (Wildman–Crippen LogP) is 4.26. The van der Waals surface area contributed by atoms with Crippen LogP contribution in [0.25, 0.3) is 11.0 Å². The van der Waals surface area contributed by atoms with Gasteiger partial charge in [0, 0.05) is 29.9 Å². The van der Waals surface area contributed by atoms with Crippen molar-refractivity contribution in [3.63, 3.8) is 0 Å². The van der Waals surface area contributed by atoms with Gasteiger partial charge < -0.3 is 4.52 Å². The van der Waals surface area contributed by atoms with Gasteiger partial charge in [0.15, 0.2) is 5.58 Å². The normalized spacial score (nSPS) is 20.5. The number of benzene rings is 1. The van der Waals surface area contributed by atoms with Crippen molar-refractivity contribution in [1.29, 1.82) is 0 Å². The van der Waals surface area contributed by atoms with Crippen LogP contribution in [0.1, 0.15) is 18.5 Å². The summed E-state index contributed by atoms with van der Waals surface area (Å²) in [6.45, 7) is 1.58. The van der Waals surface area contributed by atoms with Gasteiger partial charge in [0.2, 0.25) is 0 Å². The molecule has 1 fully saturated rings. The van der Waals surface area contributed by atoms with Gasteiger partial charge in [-0.25, -0.2) is 0 Å². The Morgan fingerprint density at radius 2 is 2.19 bits per heavy atom. The van der Waals surface area contributed by atoms with E-state index in [9.17, 15) is 13.2 Å². The minimum atomic E-state index is -4.09. The lowest BCUT2D eigenvalue weighted by molar-refractivity contribution is -0.143. The van der Waals surface area contributed by atoms with E-state index in [-0.39, 0.29) is 5.92 Å². The van der Waals surface area contributed by atoms with Gasteiger partial charge >= 0.3 is 6.18 Å². The van der Waals surface area contributed by atoms with Crippen molar-refractivity contribution in [2.24, 2.45) is 5.92 Å². The zero-order valence-electron chi connectivity index (χ0n) is 11.2. The highest BCUT2D eigenvalue weighted by Crippen LogP contribution is 2.31. The highest BCUT2D eigenvalue weighted by molar-refractivity contribution is 6.31. The highest BCUT2D eigenvalue weighted by Gasteiger charge is 2.35. The van der Waals surface area contributed by atoms with E-state index < -0.39 is 12.6 Å². The maximum Gasteiger partial charge on any atom is 0.389 e. The SMILES string of the molecule is FC(F)(F)CC1CCN(Cc2noc3ccc(Cl)cc23)C1. The van der Waals surface area contributed by atoms with E-state index in [0.717, 1.165) is 11.1 Å². The van der Waals surface area contributed by atoms with Crippen molar-refractivity contribution in [2.45, 2.75) is 25.6 Å². The summed E-state index contributed by atoms with van der Waals surface area (Å²) in [5, 5.41) is 5.41. The molecule has 0 radical (unpaired) electrons. The number of halogens is 4. The third kappa shape index (κ3) is 3.49. The van der Waals surface area contributed by atoms with Gasteiger partial charge in [0.05, 0.1) is 0 Å². The maximum absolute atomic E-state index is 12.4. The fourth-order valence-electron chi connectivity index (χ4n) is 2.84. The number of aromatic nitrogens is 1. The molecule has 3 nitrogen and oxygen atoms in total. The quantitative estimate of drug-likeness (QED) is 0.847. The molecule has 0 aliphatic carbocycles. The van der Waals surface area contributed by atoms with Crippen LogP contribution in [-0.2, 0) is 6.54 Å². The summed E-state index contributed by atoms with van der Waals surface area (Å²) in [7, 11) is 0. The zero-order valence-corrected chi connectivity index (χ0v) is 11.9. The highest BCUT2D eigenvalue weighted by atomic mass is 35.5. The van der Waals surface area contributed by atoms with E-state index in [1.54, 1.807) is 18.2 Å². The molecule has 2 heterocycles. The maximum atomic E-state index is 12.4. The number of hydrogen-bond donors (Lipinski definition) is 0. The third-order valence-corrected chi connectivity index (χ3v) is 4.01. The number of likely N-dealkylation sites (tertiary alicyclic amines) is 1. The van der Waals surface area contributed by atoms with E-state index >= 15 is 0 Å². The Bertz CT molecular complexity index is 641. The largest absolute Gasteiger partial charge is 0.389 e. The molecule has 7 heteroatoms. The fourth-order valence-corrected chi connectivity index (χ4v) is 3.01. The second-order valence-corrected chi connectivity index (χ2v) is 5.92. The topological polar surface area (TPSA) is 29.3 Å². The molecule has 1 aliphatic rings. The van der Waals surface area contributed by atoms with Crippen LogP contribution in [0.2, 0.25) is 5.02 Å². The molecule has 2 aromatic rings. The molecule has 0 bridgehead atoms. The average Bonchev–Trinajstić information content (AvgIpc) is 2.96. The molecular weight excluding hydrogens is 305 g/mol. The second-order valence-electron chi connectivity index (χ2n) is 5.48. The van der Waals surface area contributed by atoms with Crippen molar-refractivity contribution in [2.75, 3.05) is 13.1 Å². The Hall–Kier alpha value is -1.27. The monoisotopic (exact) mass is 318 g/mol. The van der Waals surface area contributed by atoms with Crippen molar-refractivity contribution in [3.05, 3.63) is 28.9 Å². The molecule has 1 aromatic carbocycles. The number of rotatable bonds is 3. The van der Waals surface area contributed by atoms with E-state index in [1.807, 2.05) is 4.90 Å². The lowest BCUT2D eigenvalue weighted by atomic mass is 10.1. The summed E-state index contributed by atoms with van der Waals surface area (Å²) in [6.07, 6.45) is -4.24. The molecule has 114 valence electrons. The minimum absolute atomic E-state index is 0.327. The zero-order chi connectivity index (χ0) is 15.0. The van der Waals surface area contributed by atoms with Crippen LogP contribution in [0.4, 0.5) is 13.2 Å². The molecule has 1 aromatic heterocycles. The van der Waals surface area contributed by atoms with Gasteiger partial charge in [-0.1, -0.05) is 16.8 Å². The first-order valence-electron chi connectivity index (χ1n) is 6.73. The first-order valence-corrected chi connectivity index (χ1v) is 7.11. The fraction of sp³-hybridized carbons (Fsp3) is 0.500. The molecule has 1 atom stereocenters. The molecule has 1 aliphatic heterocycles. The van der Waals surface area contributed by atoms with E-state index in [2.05, 4.69) is 5.16 Å². The van der Waals surface area contributed by atoms with Gasteiger partial charge in [0.25, 0.3) is 0 Å². The number of nitrogens with zero attached hydrogens (tertiary/aromatic N) is 2. The van der Waals surface area contributed by atoms with Gasteiger partial charge in [-0.05, 0) is 37.1 Å². The molecular formula is C14H14ClF3N2O. The van der Waals surface area contributed by atoms with Gasteiger partial charge in [0.1, 0.15) is 5.69 Å². The van der Waals surface area contributed by atoms with Crippen LogP contribution in [0, 0.1) is 5.92 Å². The summed E-state index contributed by atoms with van der Waals surface area (Å²) in [5.41, 5.74) is 1.36. The standard InChI is InChI=1S/C14H14ClF3N2O/c15-10-1-2-13-11(5-10)12(19-21-13)8-20-4-3-9(7-20)6-14(16,17)18/h1-2,5,9H,3-4,6-8H2. The molecule has 21 heavy (non-hydrogen) atoms. The molecule has 0 spiro atoms. The molecule has 0 amide bonds. The predicted molar refractivity (Wildman–Crippen MR) is 73.1 cm³/mol. The molecule has 0 saturated carbocycles. The van der Waals surface area contributed by atoms with Gasteiger partial charge in [-0.3, -0.25) is 4.90 Å². The number of alkyl halides is 3. The smallest absolute Gasteiger partial charge is 0.356 e. The number of hydrogen-bond acceptors (Lipinski definition) is 3. The van der Waals surface area contributed by atoms with Crippen LogP contribution in [-0.4, -0.2) is 29.3 Å². The molecule has 0 N–H and O–H groups in total. The van der Waals surface area contributed by atoms with E-state index in [0.29, 0.717) is 36.7 Å². The summed E-state index contributed by atoms with van der Waals surface area (Å²) in [4.78, 5) is 1.98. The lowest BCUT2D eigenvalue weighted by Gasteiger charge is -2.15. The summed E-state index contributed by atoms with van der Waals surface area (Å²) in [6, 6.07) is 5.23. The van der Waals surface area contributed by atoms with Gasteiger partial charge in [-0.15, -0.1) is 0 Å². The Morgan fingerprint density at radius 1 is 1.38 bits per heavy atom. The second kappa shape index (κ2) is 5.50. The van der Waals surface area contributed by atoms with Crippen LogP contribution in [0.3, 0.4) is 0 Å². The van der Waals surface area contributed by atoms with Crippen LogP contribution >= 0.6 is 11.6 Å². The summed E-state index contributed by atoms with van der Waals surface area (Å²) in [5.74, 6) is -0.327.